The molecular weight excluding hydrogens is 231 g/mol. The molecule has 3 rings (SSSR count). The predicted octanol–water partition coefficient (Wildman–Crippen LogP) is 2.19. The average molecular weight is 246 g/mol. The molecule has 94 valence electrons. The topological polar surface area (TPSA) is 56.7 Å². The van der Waals surface area contributed by atoms with E-state index in [0.717, 1.165) is 35.6 Å². The largest absolute Gasteiger partial charge is 0.324 e. The van der Waals surface area contributed by atoms with Crippen molar-refractivity contribution in [3.05, 3.63) is 35.4 Å². The molecule has 2 N–H and O–H groups in total. The number of aryl methyl sites for hydroxylation is 1. The van der Waals surface area contributed by atoms with Crippen molar-refractivity contribution in [2.45, 2.75) is 32.4 Å². The number of hydrogen-bond acceptors (Lipinski definition) is 3. The molecule has 0 saturated heterocycles. The summed E-state index contributed by atoms with van der Waals surface area (Å²) in [4.78, 5) is 0. The predicted molar refractivity (Wildman–Crippen MR) is 66.3 cm³/mol. The van der Waals surface area contributed by atoms with Crippen molar-refractivity contribution >= 4 is 0 Å². The Kier molecular flexibility index (Phi) is 2.63. The molecule has 0 unspecified atom stereocenters. The lowest BCUT2D eigenvalue weighted by Crippen LogP contribution is -2.08. The van der Waals surface area contributed by atoms with Crippen LogP contribution in [0.2, 0.25) is 0 Å². The van der Waals surface area contributed by atoms with E-state index < -0.39 is 0 Å². The van der Waals surface area contributed by atoms with E-state index in [1.807, 2.05) is 6.92 Å². The van der Waals surface area contributed by atoms with Crippen LogP contribution in [0.5, 0.6) is 0 Å². The van der Waals surface area contributed by atoms with Crippen molar-refractivity contribution in [3.8, 4) is 11.4 Å². The SMILES string of the molecule is Cc1ccc(F)cc1-c1nnc(CN)n1C1CC1. The van der Waals surface area contributed by atoms with E-state index >= 15 is 0 Å². The number of aromatic nitrogens is 3. The number of benzene rings is 1. The van der Waals surface area contributed by atoms with Crippen molar-refractivity contribution in [1.29, 1.82) is 0 Å². The minimum Gasteiger partial charge on any atom is -0.324 e. The number of rotatable bonds is 3. The van der Waals surface area contributed by atoms with Gasteiger partial charge < -0.3 is 10.3 Å². The van der Waals surface area contributed by atoms with Crippen LogP contribution in [0, 0.1) is 12.7 Å². The Morgan fingerprint density at radius 3 is 2.83 bits per heavy atom. The zero-order valence-electron chi connectivity index (χ0n) is 10.2. The molecule has 4 nitrogen and oxygen atoms in total. The van der Waals surface area contributed by atoms with Gasteiger partial charge in [0.1, 0.15) is 11.6 Å². The van der Waals surface area contributed by atoms with Gasteiger partial charge in [-0.15, -0.1) is 10.2 Å². The van der Waals surface area contributed by atoms with Gasteiger partial charge in [0.2, 0.25) is 0 Å². The van der Waals surface area contributed by atoms with E-state index in [0.29, 0.717) is 12.6 Å². The zero-order chi connectivity index (χ0) is 12.7. The highest BCUT2D eigenvalue weighted by atomic mass is 19.1. The van der Waals surface area contributed by atoms with Gasteiger partial charge in [0.25, 0.3) is 0 Å². The molecule has 0 bridgehead atoms. The van der Waals surface area contributed by atoms with E-state index in [9.17, 15) is 4.39 Å². The Hall–Kier alpha value is -1.75. The van der Waals surface area contributed by atoms with E-state index in [1.54, 1.807) is 6.07 Å². The van der Waals surface area contributed by atoms with Crippen LogP contribution >= 0.6 is 0 Å². The van der Waals surface area contributed by atoms with Crippen LogP contribution in [-0.2, 0) is 6.54 Å². The summed E-state index contributed by atoms with van der Waals surface area (Å²) in [5.74, 6) is 1.25. The normalized spacial score (nSPS) is 15.1. The fourth-order valence-corrected chi connectivity index (χ4v) is 2.20. The summed E-state index contributed by atoms with van der Waals surface area (Å²) in [6.07, 6.45) is 2.23. The number of hydrogen-bond donors (Lipinski definition) is 1. The number of nitrogens with two attached hydrogens (primary N) is 1. The van der Waals surface area contributed by atoms with Crippen LogP contribution in [0.25, 0.3) is 11.4 Å². The van der Waals surface area contributed by atoms with Crippen LogP contribution in [-0.4, -0.2) is 14.8 Å². The zero-order valence-corrected chi connectivity index (χ0v) is 10.2. The highest BCUT2D eigenvalue weighted by Gasteiger charge is 2.29. The molecule has 5 heteroatoms. The van der Waals surface area contributed by atoms with Crippen molar-refractivity contribution in [1.82, 2.24) is 14.8 Å². The standard InChI is InChI=1S/C13H15FN4/c1-8-2-3-9(14)6-11(8)13-17-16-12(7-15)18(13)10-4-5-10/h2-3,6,10H,4-5,7,15H2,1H3. The number of nitrogens with zero attached hydrogens (tertiary/aromatic N) is 3. The highest BCUT2D eigenvalue weighted by molar-refractivity contribution is 5.60. The molecule has 18 heavy (non-hydrogen) atoms. The maximum atomic E-state index is 13.4. The lowest BCUT2D eigenvalue weighted by Gasteiger charge is -2.10. The summed E-state index contributed by atoms with van der Waals surface area (Å²) in [6.45, 7) is 2.31. The van der Waals surface area contributed by atoms with Gasteiger partial charge in [0.15, 0.2) is 5.82 Å². The van der Waals surface area contributed by atoms with Gasteiger partial charge in [-0.1, -0.05) is 6.07 Å². The first-order chi connectivity index (χ1) is 8.70. The summed E-state index contributed by atoms with van der Waals surface area (Å²) < 4.78 is 15.4. The second-order valence-electron chi connectivity index (χ2n) is 4.70. The van der Waals surface area contributed by atoms with Crippen LogP contribution in [0.1, 0.15) is 30.3 Å². The Balaban J connectivity index is 2.16. The van der Waals surface area contributed by atoms with E-state index in [1.165, 1.54) is 12.1 Å². The average Bonchev–Trinajstić information content (AvgIpc) is 3.12. The first-order valence-corrected chi connectivity index (χ1v) is 6.11. The summed E-state index contributed by atoms with van der Waals surface area (Å²) in [6, 6.07) is 5.16. The maximum absolute atomic E-state index is 13.4. The van der Waals surface area contributed by atoms with Gasteiger partial charge in [0.05, 0.1) is 6.54 Å². The molecule has 1 saturated carbocycles. The third-order valence-electron chi connectivity index (χ3n) is 3.30. The monoisotopic (exact) mass is 246 g/mol. The Morgan fingerprint density at radius 2 is 2.17 bits per heavy atom. The molecule has 1 fully saturated rings. The molecule has 1 aromatic heterocycles. The van der Waals surface area contributed by atoms with Crippen LogP contribution < -0.4 is 5.73 Å². The van der Waals surface area contributed by atoms with Gasteiger partial charge in [-0.2, -0.15) is 0 Å². The van der Waals surface area contributed by atoms with Crippen LogP contribution in [0.4, 0.5) is 4.39 Å². The summed E-state index contributed by atoms with van der Waals surface area (Å²) in [5, 5.41) is 8.30. The molecule has 0 aliphatic heterocycles. The third kappa shape index (κ3) is 1.80. The lowest BCUT2D eigenvalue weighted by molar-refractivity contribution is 0.627. The van der Waals surface area contributed by atoms with E-state index in [2.05, 4.69) is 14.8 Å². The van der Waals surface area contributed by atoms with Gasteiger partial charge in [0, 0.05) is 11.6 Å². The maximum Gasteiger partial charge on any atom is 0.164 e. The quantitative estimate of drug-likeness (QED) is 0.903. The smallest absolute Gasteiger partial charge is 0.164 e. The molecule has 1 aliphatic rings. The van der Waals surface area contributed by atoms with Crippen molar-refractivity contribution in [2.24, 2.45) is 5.73 Å². The first kappa shape index (κ1) is 11.3. The van der Waals surface area contributed by atoms with Gasteiger partial charge >= 0.3 is 0 Å². The van der Waals surface area contributed by atoms with E-state index in [-0.39, 0.29) is 5.82 Å². The molecule has 1 aliphatic carbocycles. The van der Waals surface area contributed by atoms with Gasteiger partial charge in [-0.25, -0.2) is 4.39 Å². The minimum atomic E-state index is -0.254. The Bertz CT molecular complexity index is 587. The molecule has 0 spiro atoms. The van der Waals surface area contributed by atoms with Gasteiger partial charge in [-0.05, 0) is 37.5 Å². The lowest BCUT2D eigenvalue weighted by atomic mass is 10.1. The Labute approximate surface area is 105 Å². The third-order valence-corrected chi connectivity index (χ3v) is 3.30. The second kappa shape index (κ2) is 4.17. The minimum absolute atomic E-state index is 0.254. The molecule has 2 aromatic rings. The molecule has 0 amide bonds. The van der Waals surface area contributed by atoms with E-state index in [4.69, 9.17) is 5.73 Å². The molecule has 0 radical (unpaired) electrons. The van der Waals surface area contributed by atoms with Crippen LogP contribution in [0.15, 0.2) is 18.2 Å². The fraction of sp³-hybridized carbons (Fsp3) is 0.385. The van der Waals surface area contributed by atoms with Crippen molar-refractivity contribution < 1.29 is 4.39 Å². The summed E-state index contributed by atoms with van der Waals surface area (Å²) in [5.41, 5.74) is 7.47. The molecular formula is C13H15FN4. The second-order valence-corrected chi connectivity index (χ2v) is 4.70. The molecule has 0 atom stereocenters. The molecule has 1 aromatic carbocycles. The first-order valence-electron chi connectivity index (χ1n) is 6.11. The summed E-state index contributed by atoms with van der Waals surface area (Å²) >= 11 is 0. The number of halogens is 1. The summed E-state index contributed by atoms with van der Waals surface area (Å²) in [7, 11) is 0. The van der Waals surface area contributed by atoms with Gasteiger partial charge in [-0.3, -0.25) is 0 Å². The van der Waals surface area contributed by atoms with Crippen molar-refractivity contribution in [2.75, 3.05) is 0 Å². The Morgan fingerprint density at radius 1 is 1.39 bits per heavy atom. The fourth-order valence-electron chi connectivity index (χ4n) is 2.20. The van der Waals surface area contributed by atoms with Crippen molar-refractivity contribution in [3.63, 3.8) is 0 Å². The highest BCUT2D eigenvalue weighted by Crippen LogP contribution is 2.39. The van der Waals surface area contributed by atoms with Crippen LogP contribution in [0.3, 0.4) is 0 Å². The molecule has 1 heterocycles.